The van der Waals surface area contributed by atoms with Gasteiger partial charge in [-0.15, -0.1) is 0 Å². The molecule has 1 heteroatoms. The molecule has 90 valence electrons. The quantitative estimate of drug-likeness (QED) is 0.719. The lowest BCUT2D eigenvalue weighted by molar-refractivity contribution is 0.0456. The Morgan fingerprint density at radius 2 is 2.18 bits per heavy atom. The Morgan fingerprint density at radius 1 is 1.41 bits per heavy atom. The summed E-state index contributed by atoms with van der Waals surface area (Å²) in [7, 11) is 0. The molecule has 0 amide bonds. The third-order valence-electron chi connectivity index (χ3n) is 4.74. The van der Waals surface area contributed by atoms with Crippen molar-refractivity contribution in [1.29, 1.82) is 0 Å². The number of fused-ring (bicyclic) bond motifs is 1. The topological polar surface area (TPSA) is 26.0 Å². The zero-order valence-corrected chi connectivity index (χ0v) is 10.7. The van der Waals surface area contributed by atoms with Gasteiger partial charge in [0.2, 0.25) is 0 Å². The Labute approximate surface area is 104 Å². The Kier molecular flexibility index (Phi) is 2.41. The molecule has 4 aliphatic carbocycles. The smallest absolute Gasteiger partial charge is 0.0201 e. The van der Waals surface area contributed by atoms with Crippen LogP contribution < -0.4 is 5.73 Å². The third kappa shape index (κ3) is 1.49. The molecule has 1 fully saturated rings. The van der Waals surface area contributed by atoms with E-state index < -0.39 is 0 Å². The SMILES string of the molecule is CC=CC1=CC2CC(C3C=C(C)C3)(C=C1)C2N. The van der Waals surface area contributed by atoms with Gasteiger partial charge in [0.05, 0.1) is 0 Å². The zero-order valence-electron chi connectivity index (χ0n) is 10.7. The normalized spacial score (nSPS) is 43.6. The molecule has 0 aromatic rings. The Balaban J connectivity index is 1.89. The van der Waals surface area contributed by atoms with Crippen molar-refractivity contribution in [2.24, 2.45) is 23.0 Å². The van der Waals surface area contributed by atoms with Crippen LogP contribution in [-0.4, -0.2) is 6.04 Å². The average Bonchev–Trinajstić information content (AvgIpc) is 2.53. The minimum absolute atomic E-state index is 0.254. The van der Waals surface area contributed by atoms with Crippen molar-refractivity contribution in [3.05, 3.63) is 47.6 Å². The zero-order chi connectivity index (χ0) is 12.0. The van der Waals surface area contributed by atoms with E-state index in [-0.39, 0.29) is 5.41 Å². The van der Waals surface area contributed by atoms with Gasteiger partial charge in [-0.25, -0.2) is 0 Å². The summed E-state index contributed by atoms with van der Waals surface area (Å²) in [6.07, 6.45) is 16.2. The van der Waals surface area contributed by atoms with E-state index in [0.29, 0.717) is 17.9 Å². The summed E-state index contributed by atoms with van der Waals surface area (Å²) in [5.41, 5.74) is 9.54. The second-order valence-corrected chi connectivity index (χ2v) is 5.83. The molecule has 0 saturated heterocycles. The van der Waals surface area contributed by atoms with E-state index in [1.807, 2.05) is 0 Å². The summed E-state index contributed by atoms with van der Waals surface area (Å²) >= 11 is 0. The molecule has 0 heterocycles. The van der Waals surface area contributed by atoms with Crippen LogP contribution in [0.4, 0.5) is 0 Å². The fourth-order valence-electron chi connectivity index (χ4n) is 3.63. The summed E-state index contributed by atoms with van der Waals surface area (Å²) < 4.78 is 0. The first-order valence-corrected chi connectivity index (χ1v) is 6.62. The Bertz CT molecular complexity index is 452. The van der Waals surface area contributed by atoms with Gasteiger partial charge < -0.3 is 5.73 Å². The second kappa shape index (κ2) is 3.71. The minimum atomic E-state index is 0.254. The maximum atomic E-state index is 6.43. The van der Waals surface area contributed by atoms with Crippen LogP contribution in [0.1, 0.15) is 26.7 Å². The number of nitrogens with two attached hydrogens (primary N) is 1. The standard InChI is InChI=1S/C16H21N/c1-3-4-12-5-6-16(14-7-11(2)8-14)10-13(9-12)15(16)17/h3-7,9,13-15H,8,10,17H2,1-2H3. The van der Waals surface area contributed by atoms with Crippen molar-refractivity contribution in [1.82, 2.24) is 0 Å². The molecular formula is C16H21N. The van der Waals surface area contributed by atoms with Gasteiger partial charge >= 0.3 is 0 Å². The molecule has 2 N–H and O–H groups in total. The highest BCUT2D eigenvalue weighted by atomic mass is 14.8. The van der Waals surface area contributed by atoms with Crippen LogP contribution in [0.2, 0.25) is 0 Å². The van der Waals surface area contributed by atoms with E-state index >= 15 is 0 Å². The highest BCUT2D eigenvalue weighted by molar-refractivity contribution is 5.41. The van der Waals surface area contributed by atoms with E-state index in [4.69, 9.17) is 5.73 Å². The molecular weight excluding hydrogens is 206 g/mol. The van der Waals surface area contributed by atoms with E-state index in [9.17, 15) is 0 Å². The molecule has 0 radical (unpaired) electrons. The first kappa shape index (κ1) is 11.0. The Hall–Kier alpha value is -1.08. The molecule has 17 heavy (non-hydrogen) atoms. The van der Waals surface area contributed by atoms with Gasteiger partial charge in [0.15, 0.2) is 0 Å². The van der Waals surface area contributed by atoms with Crippen molar-refractivity contribution >= 4 is 0 Å². The third-order valence-corrected chi connectivity index (χ3v) is 4.74. The molecule has 4 atom stereocenters. The van der Waals surface area contributed by atoms with E-state index in [1.165, 1.54) is 24.0 Å². The Morgan fingerprint density at radius 3 is 2.76 bits per heavy atom. The van der Waals surface area contributed by atoms with Gasteiger partial charge in [-0.1, -0.05) is 42.0 Å². The van der Waals surface area contributed by atoms with Crippen LogP contribution in [0.15, 0.2) is 47.6 Å². The van der Waals surface area contributed by atoms with E-state index in [0.717, 1.165) is 0 Å². The highest BCUT2D eigenvalue weighted by Gasteiger charge is 2.55. The van der Waals surface area contributed by atoms with Gasteiger partial charge in [0, 0.05) is 11.5 Å². The minimum Gasteiger partial charge on any atom is -0.326 e. The molecule has 0 spiro atoms. The van der Waals surface area contributed by atoms with Crippen molar-refractivity contribution in [2.75, 3.05) is 0 Å². The van der Waals surface area contributed by atoms with Crippen molar-refractivity contribution < 1.29 is 0 Å². The summed E-state index contributed by atoms with van der Waals surface area (Å²) in [6.45, 7) is 4.29. The number of allylic oxidation sites excluding steroid dienone is 6. The molecule has 4 unspecified atom stereocenters. The fourth-order valence-corrected chi connectivity index (χ4v) is 3.63. The van der Waals surface area contributed by atoms with Crippen molar-refractivity contribution in [3.63, 3.8) is 0 Å². The molecule has 4 rings (SSSR count). The molecule has 0 aromatic heterocycles. The lowest BCUT2D eigenvalue weighted by atomic mass is 9.50. The van der Waals surface area contributed by atoms with Crippen LogP contribution in [0.3, 0.4) is 0 Å². The van der Waals surface area contributed by atoms with Crippen LogP contribution in [0, 0.1) is 17.3 Å². The molecule has 0 aromatic carbocycles. The number of hydrogen-bond acceptors (Lipinski definition) is 1. The predicted octanol–water partition coefficient (Wildman–Crippen LogP) is 3.36. The molecule has 2 bridgehead atoms. The fraction of sp³-hybridized carbons (Fsp3) is 0.500. The lowest BCUT2D eigenvalue weighted by Crippen LogP contribution is -2.60. The second-order valence-electron chi connectivity index (χ2n) is 5.83. The molecule has 1 saturated carbocycles. The maximum absolute atomic E-state index is 6.43. The maximum Gasteiger partial charge on any atom is 0.0201 e. The summed E-state index contributed by atoms with van der Waals surface area (Å²) in [4.78, 5) is 0. The van der Waals surface area contributed by atoms with Crippen LogP contribution in [0.25, 0.3) is 0 Å². The molecule has 1 nitrogen and oxygen atoms in total. The van der Waals surface area contributed by atoms with E-state index in [2.05, 4.69) is 50.3 Å². The first-order valence-electron chi connectivity index (χ1n) is 6.62. The van der Waals surface area contributed by atoms with Crippen LogP contribution in [0.5, 0.6) is 0 Å². The van der Waals surface area contributed by atoms with Gasteiger partial charge in [-0.3, -0.25) is 0 Å². The summed E-state index contributed by atoms with van der Waals surface area (Å²) in [5.74, 6) is 1.26. The molecule has 4 aliphatic rings. The largest absolute Gasteiger partial charge is 0.326 e. The monoisotopic (exact) mass is 227 g/mol. The first-order chi connectivity index (χ1) is 8.15. The van der Waals surface area contributed by atoms with Crippen LogP contribution in [-0.2, 0) is 0 Å². The van der Waals surface area contributed by atoms with Gasteiger partial charge in [-0.2, -0.15) is 0 Å². The van der Waals surface area contributed by atoms with Crippen molar-refractivity contribution in [3.8, 4) is 0 Å². The van der Waals surface area contributed by atoms with Crippen LogP contribution >= 0.6 is 0 Å². The summed E-state index contributed by atoms with van der Waals surface area (Å²) in [6, 6.07) is 0.316. The van der Waals surface area contributed by atoms with Crippen molar-refractivity contribution in [2.45, 2.75) is 32.7 Å². The highest BCUT2D eigenvalue weighted by Crippen LogP contribution is 2.58. The molecule has 0 aliphatic heterocycles. The predicted molar refractivity (Wildman–Crippen MR) is 72.4 cm³/mol. The lowest BCUT2D eigenvalue weighted by Gasteiger charge is -2.56. The number of hydrogen-bond donors (Lipinski definition) is 1. The van der Waals surface area contributed by atoms with Gasteiger partial charge in [0.25, 0.3) is 0 Å². The van der Waals surface area contributed by atoms with Gasteiger partial charge in [-0.05, 0) is 44.1 Å². The number of rotatable bonds is 2. The summed E-state index contributed by atoms with van der Waals surface area (Å²) in [5, 5.41) is 0. The van der Waals surface area contributed by atoms with E-state index in [1.54, 1.807) is 0 Å². The average molecular weight is 227 g/mol. The van der Waals surface area contributed by atoms with Gasteiger partial charge in [0.1, 0.15) is 0 Å².